The van der Waals surface area contributed by atoms with Crippen molar-refractivity contribution in [2.75, 3.05) is 26.2 Å². The van der Waals surface area contributed by atoms with Crippen molar-refractivity contribution in [3.05, 3.63) is 0 Å². The van der Waals surface area contributed by atoms with E-state index >= 15 is 0 Å². The first-order chi connectivity index (χ1) is 7.27. The van der Waals surface area contributed by atoms with Crippen LogP contribution >= 0.6 is 0 Å². The summed E-state index contributed by atoms with van der Waals surface area (Å²) in [5, 5.41) is 6.97. The molecule has 0 unspecified atom stereocenters. The van der Waals surface area contributed by atoms with Gasteiger partial charge in [-0.15, -0.1) is 0 Å². The Kier molecular flexibility index (Phi) is 3.46. The van der Waals surface area contributed by atoms with E-state index in [-0.39, 0.29) is 0 Å². The molecule has 2 rings (SSSR count). The van der Waals surface area contributed by atoms with E-state index in [9.17, 15) is 0 Å². The van der Waals surface area contributed by atoms with E-state index in [2.05, 4.69) is 34.4 Å². The number of guanidine groups is 1. The zero-order valence-corrected chi connectivity index (χ0v) is 9.79. The topological polar surface area (TPSA) is 39.7 Å². The number of hydrogen-bond acceptors (Lipinski definition) is 4. The van der Waals surface area contributed by atoms with Crippen LogP contribution < -0.4 is 10.6 Å². The summed E-state index contributed by atoms with van der Waals surface area (Å²) in [7, 11) is 0. The van der Waals surface area contributed by atoms with Gasteiger partial charge in [-0.3, -0.25) is 4.99 Å². The third-order valence-electron chi connectivity index (χ3n) is 3.17. The van der Waals surface area contributed by atoms with Gasteiger partial charge in [-0.05, 0) is 39.8 Å². The van der Waals surface area contributed by atoms with Crippen LogP contribution in [0.3, 0.4) is 0 Å². The first-order valence-electron chi connectivity index (χ1n) is 6.05. The van der Waals surface area contributed by atoms with Crippen LogP contribution in [-0.2, 0) is 0 Å². The van der Waals surface area contributed by atoms with Crippen LogP contribution in [-0.4, -0.2) is 49.1 Å². The fourth-order valence-electron chi connectivity index (χ4n) is 2.24. The van der Waals surface area contributed by atoms with Crippen molar-refractivity contribution in [2.45, 2.75) is 38.8 Å². The second kappa shape index (κ2) is 4.84. The molecule has 0 aliphatic carbocycles. The van der Waals surface area contributed by atoms with Crippen LogP contribution in [0.15, 0.2) is 4.99 Å². The summed E-state index contributed by atoms with van der Waals surface area (Å²) in [5.41, 5.74) is 0. The number of aliphatic imine (C=N–C) groups is 1. The zero-order chi connectivity index (χ0) is 10.7. The fraction of sp³-hybridized carbons (Fsp3) is 0.909. The average Bonchev–Trinajstić information content (AvgIpc) is 2.67. The standard InChI is InChI=1S/C11H22N4/c1-9(2)15-8-7-13-11(15)14-10-3-5-12-6-4-10/h9-10,12H,3-8H2,1-2H3,(H,13,14). The summed E-state index contributed by atoms with van der Waals surface area (Å²) in [6, 6.07) is 1.17. The highest BCUT2D eigenvalue weighted by Gasteiger charge is 2.22. The average molecular weight is 210 g/mol. The minimum absolute atomic E-state index is 0.556. The predicted molar refractivity (Wildman–Crippen MR) is 63.2 cm³/mol. The minimum atomic E-state index is 0.556. The molecule has 2 N–H and O–H groups in total. The van der Waals surface area contributed by atoms with Crippen molar-refractivity contribution >= 4 is 5.96 Å². The number of nitrogens with one attached hydrogen (secondary N) is 2. The molecule has 0 amide bonds. The minimum Gasteiger partial charge on any atom is -0.353 e. The first kappa shape index (κ1) is 10.7. The Labute approximate surface area is 92.1 Å². The summed E-state index contributed by atoms with van der Waals surface area (Å²) in [5.74, 6) is 1.12. The number of piperidine rings is 1. The molecule has 0 aromatic heterocycles. The second-order valence-electron chi connectivity index (χ2n) is 4.66. The van der Waals surface area contributed by atoms with Crippen LogP contribution in [0.4, 0.5) is 0 Å². The molecule has 1 saturated heterocycles. The molecule has 0 aromatic carbocycles. The summed E-state index contributed by atoms with van der Waals surface area (Å²) < 4.78 is 0. The molecule has 4 heteroatoms. The van der Waals surface area contributed by atoms with Crippen molar-refractivity contribution in [1.29, 1.82) is 0 Å². The van der Waals surface area contributed by atoms with E-state index in [4.69, 9.17) is 0 Å². The molecule has 0 aromatic rings. The maximum Gasteiger partial charge on any atom is 0.194 e. The van der Waals surface area contributed by atoms with Crippen molar-refractivity contribution in [1.82, 2.24) is 15.5 Å². The Morgan fingerprint density at radius 2 is 2.13 bits per heavy atom. The molecule has 0 bridgehead atoms. The molecule has 0 saturated carbocycles. The van der Waals surface area contributed by atoms with Gasteiger partial charge < -0.3 is 15.5 Å². The summed E-state index contributed by atoms with van der Waals surface area (Å²) in [6.45, 7) is 8.74. The van der Waals surface area contributed by atoms with E-state index in [1.54, 1.807) is 0 Å². The van der Waals surface area contributed by atoms with Crippen LogP contribution in [0.5, 0.6) is 0 Å². The highest BCUT2D eigenvalue weighted by molar-refractivity contribution is 5.82. The van der Waals surface area contributed by atoms with Crippen molar-refractivity contribution < 1.29 is 0 Å². The molecule has 2 heterocycles. The largest absolute Gasteiger partial charge is 0.353 e. The maximum atomic E-state index is 4.54. The highest BCUT2D eigenvalue weighted by Crippen LogP contribution is 2.08. The molecule has 0 radical (unpaired) electrons. The number of rotatable bonds is 2. The lowest BCUT2D eigenvalue weighted by Crippen LogP contribution is -2.49. The Bertz CT molecular complexity index is 231. The summed E-state index contributed by atoms with van der Waals surface area (Å²) in [6.07, 6.45) is 2.43. The van der Waals surface area contributed by atoms with Gasteiger partial charge in [0.1, 0.15) is 0 Å². The van der Waals surface area contributed by atoms with Gasteiger partial charge in [0.2, 0.25) is 0 Å². The molecule has 4 nitrogen and oxygen atoms in total. The van der Waals surface area contributed by atoms with Crippen LogP contribution in [0.2, 0.25) is 0 Å². The van der Waals surface area contributed by atoms with Gasteiger partial charge in [-0.25, -0.2) is 0 Å². The predicted octanol–water partition coefficient (Wildman–Crippen LogP) is 0.408. The van der Waals surface area contributed by atoms with E-state index in [0.29, 0.717) is 12.1 Å². The lowest BCUT2D eigenvalue weighted by atomic mass is 10.1. The van der Waals surface area contributed by atoms with E-state index in [1.165, 1.54) is 12.8 Å². The summed E-state index contributed by atoms with van der Waals surface area (Å²) >= 11 is 0. The Hall–Kier alpha value is -0.770. The Morgan fingerprint density at radius 3 is 2.80 bits per heavy atom. The molecule has 0 atom stereocenters. The summed E-state index contributed by atoms with van der Waals surface area (Å²) in [4.78, 5) is 6.91. The van der Waals surface area contributed by atoms with Gasteiger partial charge in [-0.2, -0.15) is 0 Å². The van der Waals surface area contributed by atoms with Crippen molar-refractivity contribution in [3.63, 3.8) is 0 Å². The normalized spacial score (nSPS) is 23.4. The highest BCUT2D eigenvalue weighted by atomic mass is 15.4. The Balaban J connectivity index is 1.87. The van der Waals surface area contributed by atoms with Crippen LogP contribution in [0, 0.1) is 0 Å². The van der Waals surface area contributed by atoms with E-state index in [0.717, 1.165) is 32.1 Å². The molecule has 2 aliphatic heterocycles. The molecule has 1 fully saturated rings. The quantitative estimate of drug-likeness (QED) is 0.693. The van der Waals surface area contributed by atoms with Crippen LogP contribution in [0.1, 0.15) is 26.7 Å². The lowest BCUT2D eigenvalue weighted by Gasteiger charge is -2.30. The van der Waals surface area contributed by atoms with Crippen LogP contribution in [0.25, 0.3) is 0 Å². The Morgan fingerprint density at radius 1 is 1.40 bits per heavy atom. The van der Waals surface area contributed by atoms with Crippen molar-refractivity contribution in [2.24, 2.45) is 4.99 Å². The molecular formula is C11H22N4. The van der Waals surface area contributed by atoms with Gasteiger partial charge in [0.15, 0.2) is 5.96 Å². The smallest absolute Gasteiger partial charge is 0.194 e. The van der Waals surface area contributed by atoms with Crippen molar-refractivity contribution in [3.8, 4) is 0 Å². The zero-order valence-electron chi connectivity index (χ0n) is 9.79. The van der Waals surface area contributed by atoms with Gasteiger partial charge in [0.05, 0.1) is 6.54 Å². The number of nitrogens with zero attached hydrogens (tertiary/aromatic N) is 2. The second-order valence-corrected chi connectivity index (χ2v) is 4.66. The number of hydrogen-bond donors (Lipinski definition) is 2. The molecule has 0 spiro atoms. The van der Waals surface area contributed by atoms with E-state index in [1.807, 2.05) is 0 Å². The monoisotopic (exact) mass is 210 g/mol. The van der Waals surface area contributed by atoms with E-state index < -0.39 is 0 Å². The van der Waals surface area contributed by atoms with Gasteiger partial charge >= 0.3 is 0 Å². The SMILES string of the molecule is CC(C)N1CCN=C1NC1CCNCC1. The third kappa shape index (κ3) is 2.62. The van der Waals surface area contributed by atoms with Gasteiger partial charge in [0, 0.05) is 18.6 Å². The fourth-order valence-corrected chi connectivity index (χ4v) is 2.24. The molecule has 86 valence electrons. The third-order valence-corrected chi connectivity index (χ3v) is 3.17. The molecule has 2 aliphatic rings. The first-order valence-corrected chi connectivity index (χ1v) is 6.05. The molecule has 15 heavy (non-hydrogen) atoms. The lowest BCUT2D eigenvalue weighted by molar-refractivity contribution is 0.350. The van der Waals surface area contributed by atoms with Gasteiger partial charge in [0.25, 0.3) is 0 Å². The maximum absolute atomic E-state index is 4.54. The molecular weight excluding hydrogens is 188 g/mol. The van der Waals surface area contributed by atoms with Gasteiger partial charge in [-0.1, -0.05) is 0 Å².